The van der Waals surface area contributed by atoms with Gasteiger partial charge >= 0.3 is 0 Å². The van der Waals surface area contributed by atoms with Crippen molar-refractivity contribution >= 4 is 37.4 Å². The van der Waals surface area contributed by atoms with Crippen LogP contribution in [0.5, 0.6) is 0 Å². The van der Waals surface area contributed by atoms with Crippen LogP contribution in [0.3, 0.4) is 0 Å². The van der Waals surface area contributed by atoms with Crippen LogP contribution in [0.4, 0.5) is 10.2 Å². The number of sulfonamides is 1. The molecule has 6 rings (SSSR count). The van der Waals surface area contributed by atoms with Gasteiger partial charge < -0.3 is 4.90 Å². The fourth-order valence-electron chi connectivity index (χ4n) is 4.75. The van der Waals surface area contributed by atoms with E-state index in [1.165, 1.54) is 32.9 Å². The van der Waals surface area contributed by atoms with Gasteiger partial charge in [-0.1, -0.05) is 6.07 Å². The monoisotopic (exact) mass is 495 g/mol. The first-order valence-corrected chi connectivity index (χ1v) is 13.5. The number of thiophene rings is 1. The Hall–Kier alpha value is -2.95. The fourth-order valence-corrected chi connectivity index (χ4v) is 7.46. The van der Waals surface area contributed by atoms with Gasteiger partial charge in [-0.15, -0.1) is 11.3 Å². The third kappa shape index (κ3) is 3.66. The summed E-state index contributed by atoms with van der Waals surface area (Å²) in [6, 6.07) is 9.00. The van der Waals surface area contributed by atoms with E-state index in [2.05, 4.69) is 9.88 Å². The van der Waals surface area contributed by atoms with Crippen LogP contribution in [0, 0.1) is 5.82 Å². The van der Waals surface area contributed by atoms with Gasteiger partial charge in [-0.25, -0.2) is 22.8 Å². The van der Waals surface area contributed by atoms with Gasteiger partial charge in [0.05, 0.1) is 10.3 Å². The van der Waals surface area contributed by atoms with Gasteiger partial charge in [0, 0.05) is 49.0 Å². The first-order valence-electron chi connectivity index (χ1n) is 11.2. The smallest absolute Gasteiger partial charge is 0.243 e. The van der Waals surface area contributed by atoms with Crippen molar-refractivity contribution in [3.63, 3.8) is 0 Å². The van der Waals surface area contributed by atoms with Gasteiger partial charge in [-0.2, -0.15) is 4.31 Å². The Labute approximate surface area is 201 Å². The highest BCUT2D eigenvalue weighted by Gasteiger charge is 2.31. The Morgan fingerprint density at radius 3 is 2.62 bits per heavy atom. The second-order valence-corrected chi connectivity index (χ2v) is 11.5. The van der Waals surface area contributed by atoms with Gasteiger partial charge in [-0.05, 0) is 55.2 Å². The number of benzene rings is 1. The Bertz CT molecular complexity index is 1480. The van der Waals surface area contributed by atoms with Crippen molar-refractivity contribution in [3.8, 4) is 11.4 Å². The molecule has 0 saturated carbocycles. The number of halogens is 1. The lowest BCUT2D eigenvalue weighted by Crippen LogP contribution is -2.49. The van der Waals surface area contributed by atoms with Crippen LogP contribution in [0.2, 0.25) is 0 Å². The van der Waals surface area contributed by atoms with E-state index in [1.54, 1.807) is 23.7 Å². The van der Waals surface area contributed by atoms with Gasteiger partial charge in [0.2, 0.25) is 10.0 Å². The van der Waals surface area contributed by atoms with E-state index < -0.39 is 15.8 Å². The number of nitrogens with zero attached hydrogens (tertiary/aromatic N) is 5. The Kier molecular flexibility index (Phi) is 5.31. The molecular formula is C24H22FN5O2S2. The minimum Gasteiger partial charge on any atom is -0.353 e. The van der Waals surface area contributed by atoms with Crippen molar-refractivity contribution in [3.05, 3.63) is 65.0 Å². The molecule has 0 N–H and O–H groups in total. The molecule has 10 heteroatoms. The van der Waals surface area contributed by atoms with E-state index in [-0.39, 0.29) is 4.90 Å². The van der Waals surface area contributed by atoms with Crippen LogP contribution < -0.4 is 4.90 Å². The number of hydrogen-bond acceptors (Lipinski definition) is 7. The minimum atomic E-state index is -3.75. The molecule has 7 nitrogen and oxygen atoms in total. The molecule has 174 valence electrons. The predicted octanol–water partition coefficient (Wildman–Crippen LogP) is 3.89. The van der Waals surface area contributed by atoms with Crippen molar-refractivity contribution in [2.75, 3.05) is 31.1 Å². The SMILES string of the molecule is O=S(=O)(c1cccc(F)c1)N1CCN(c2nc(-c3cccnc3)nc3sc4c(c23)CCC4)CC1. The summed E-state index contributed by atoms with van der Waals surface area (Å²) in [6.45, 7) is 1.60. The molecular weight excluding hydrogens is 473 g/mol. The second-order valence-electron chi connectivity index (χ2n) is 8.50. The summed E-state index contributed by atoms with van der Waals surface area (Å²) in [7, 11) is -3.75. The molecule has 2 aliphatic rings. The van der Waals surface area contributed by atoms with E-state index in [0.29, 0.717) is 32.0 Å². The highest BCUT2D eigenvalue weighted by atomic mass is 32.2. The number of fused-ring (bicyclic) bond motifs is 3. The average Bonchev–Trinajstić information content (AvgIpc) is 3.45. The van der Waals surface area contributed by atoms with Gasteiger partial charge in [0.1, 0.15) is 16.5 Å². The van der Waals surface area contributed by atoms with Crippen LogP contribution in [-0.2, 0) is 22.9 Å². The molecule has 1 aromatic carbocycles. The van der Waals surface area contributed by atoms with Crippen molar-refractivity contribution in [1.29, 1.82) is 0 Å². The van der Waals surface area contributed by atoms with Crippen molar-refractivity contribution in [2.24, 2.45) is 0 Å². The highest BCUT2D eigenvalue weighted by Crippen LogP contribution is 2.41. The molecule has 34 heavy (non-hydrogen) atoms. The highest BCUT2D eigenvalue weighted by molar-refractivity contribution is 7.89. The molecule has 1 fully saturated rings. The molecule has 0 atom stereocenters. The van der Waals surface area contributed by atoms with Crippen molar-refractivity contribution < 1.29 is 12.8 Å². The van der Waals surface area contributed by atoms with E-state index in [4.69, 9.17) is 9.97 Å². The molecule has 0 unspecified atom stereocenters. The second kappa shape index (κ2) is 8.37. The molecule has 1 saturated heterocycles. The summed E-state index contributed by atoms with van der Waals surface area (Å²) >= 11 is 1.74. The summed E-state index contributed by atoms with van der Waals surface area (Å²) in [4.78, 5) is 18.5. The molecule has 4 aromatic rings. The number of hydrogen-bond donors (Lipinski definition) is 0. The van der Waals surface area contributed by atoms with Crippen molar-refractivity contribution in [2.45, 2.75) is 24.2 Å². The number of aromatic nitrogens is 3. The Morgan fingerprint density at radius 2 is 1.85 bits per heavy atom. The Balaban J connectivity index is 1.35. The molecule has 0 bridgehead atoms. The van der Waals surface area contributed by atoms with E-state index in [1.807, 2.05) is 12.1 Å². The maximum Gasteiger partial charge on any atom is 0.243 e. The first-order chi connectivity index (χ1) is 16.5. The molecule has 1 aliphatic heterocycles. The summed E-state index contributed by atoms with van der Waals surface area (Å²) < 4.78 is 41.2. The molecule has 4 heterocycles. The van der Waals surface area contributed by atoms with Gasteiger partial charge in [-0.3, -0.25) is 4.98 Å². The zero-order valence-corrected chi connectivity index (χ0v) is 19.9. The van der Waals surface area contributed by atoms with E-state index in [9.17, 15) is 12.8 Å². The zero-order valence-electron chi connectivity index (χ0n) is 18.3. The summed E-state index contributed by atoms with van der Waals surface area (Å²) in [6.07, 6.45) is 6.71. The third-order valence-electron chi connectivity index (χ3n) is 6.44. The third-order valence-corrected chi connectivity index (χ3v) is 9.52. The molecule has 1 aliphatic carbocycles. The molecule has 0 spiro atoms. The lowest BCUT2D eigenvalue weighted by atomic mass is 10.1. The van der Waals surface area contributed by atoms with Crippen molar-refractivity contribution in [1.82, 2.24) is 19.3 Å². The largest absolute Gasteiger partial charge is 0.353 e. The molecule has 0 amide bonds. The molecule has 0 radical (unpaired) electrons. The number of anilines is 1. The van der Waals surface area contributed by atoms with Gasteiger partial charge in [0.25, 0.3) is 0 Å². The van der Waals surface area contributed by atoms with E-state index in [0.717, 1.165) is 46.9 Å². The maximum atomic E-state index is 13.6. The van der Waals surface area contributed by atoms with Crippen LogP contribution in [0.25, 0.3) is 21.6 Å². The average molecular weight is 496 g/mol. The topological polar surface area (TPSA) is 79.3 Å². The van der Waals surface area contributed by atoms with Crippen LogP contribution in [-0.4, -0.2) is 53.9 Å². The van der Waals surface area contributed by atoms with E-state index >= 15 is 0 Å². The normalized spacial score (nSPS) is 16.8. The number of pyridine rings is 1. The van der Waals surface area contributed by atoms with Crippen LogP contribution >= 0.6 is 11.3 Å². The zero-order chi connectivity index (χ0) is 23.3. The summed E-state index contributed by atoms with van der Waals surface area (Å²) in [5, 5.41) is 1.10. The number of aryl methyl sites for hydroxylation is 2. The number of piperazine rings is 1. The summed E-state index contributed by atoms with van der Waals surface area (Å²) in [5.74, 6) is 0.939. The number of rotatable bonds is 4. The predicted molar refractivity (Wildman–Crippen MR) is 130 cm³/mol. The van der Waals surface area contributed by atoms with Crippen LogP contribution in [0.15, 0.2) is 53.7 Å². The lowest BCUT2D eigenvalue weighted by molar-refractivity contribution is 0.384. The van der Waals surface area contributed by atoms with Crippen LogP contribution in [0.1, 0.15) is 16.9 Å². The molecule has 3 aromatic heterocycles. The standard InChI is InChI=1S/C24H22FN5O2S2/c25-17-5-1-6-18(14-17)34(31,32)30-12-10-29(11-13-30)23-21-19-7-2-8-20(19)33-24(21)28-22(27-23)16-4-3-9-26-15-16/h1,3-6,9,14-15H,2,7-8,10-13H2. The Morgan fingerprint density at radius 1 is 1.00 bits per heavy atom. The fraction of sp³-hybridized carbons (Fsp3) is 0.292. The van der Waals surface area contributed by atoms with Gasteiger partial charge in [0.15, 0.2) is 5.82 Å². The maximum absolute atomic E-state index is 13.6. The quantitative estimate of drug-likeness (QED) is 0.427. The summed E-state index contributed by atoms with van der Waals surface area (Å²) in [5.41, 5.74) is 2.19. The first kappa shape index (κ1) is 21.6. The minimum absolute atomic E-state index is 0.0140. The lowest BCUT2D eigenvalue weighted by Gasteiger charge is -2.35.